The van der Waals surface area contributed by atoms with Gasteiger partial charge in [0.15, 0.2) is 24.0 Å². The van der Waals surface area contributed by atoms with Crippen molar-refractivity contribution in [3.8, 4) is 0 Å². The Kier molecular flexibility index (Phi) is 5.22. The van der Waals surface area contributed by atoms with Crippen molar-refractivity contribution < 1.29 is 19.7 Å². The van der Waals surface area contributed by atoms with Crippen LogP contribution >= 0.6 is 11.6 Å². The Bertz CT molecular complexity index is 848. The molecule has 2 unspecified atom stereocenters. The third-order valence-electron chi connectivity index (χ3n) is 5.32. The minimum absolute atomic E-state index is 0.0984. The van der Waals surface area contributed by atoms with Gasteiger partial charge in [0, 0.05) is 12.0 Å². The molecule has 2 aromatic rings. The van der Waals surface area contributed by atoms with E-state index in [0.29, 0.717) is 17.5 Å². The largest absolute Gasteiger partial charge is 0.368 e. The molecule has 3 N–H and O–H groups in total. The zero-order chi connectivity index (χ0) is 20.1. The van der Waals surface area contributed by atoms with Crippen LogP contribution in [-0.2, 0) is 9.47 Å². The van der Waals surface area contributed by atoms with E-state index in [1.807, 2.05) is 0 Å². The first kappa shape index (κ1) is 19.8. The van der Waals surface area contributed by atoms with Crippen molar-refractivity contribution in [3.05, 3.63) is 11.5 Å². The summed E-state index contributed by atoms with van der Waals surface area (Å²) in [6.45, 7) is 4.86. The summed E-state index contributed by atoms with van der Waals surface area (Å²) in [7, 11) is 0. The Morgan fingerprint density at radius 1 is 1.32 bits per heavy atom. The fourth-order valence-electron chi connectivity index (χ4n) is 3.92. The summed E-state index contributed by atoms with van der Waals surface area (Å²) in [5, 5.41) is 29.0. The molecule has 10 heteroatoms. The van der Waals surface area contributed by atoms with E-state index in [-0.39, 0.29) is 11.2 Å². The van der Waals surface area contributed by atoms with Gasteiger partial charge in [0.1, 0.15) is 11.9 Å². The van der Waals surface area contributed by atoms with E-state index in [2.05, 4.69) is 20.4 Å². The molecule has 3 heterocycles. The number of aliphatic hydroxyl groups is 2. The lowest BCUT2D eigenvalue weighted by Crippen LogP contribution is -2.37. The maximum atomic E-state index is 10.2. The molecule has 2 fully saturated rings. The molecule has 0 spiro atoms. The number of hydrogen-bond acceptors (Lipinski definition) is 8. The molecule has 1 saturated carbocycles. The second kappa shape index (κ2) is 7.38. The van der Waals surface area contributed by atoms with E-state index in [4.69, 9.17) is 21.1 Å². The molecule has 1 saturated heterocycles. The predicted molar refractivity (Wildman–Crippen MR) is 103 cm³/mol. The molecule has 28 heavy (non-hydrogen) atoms. The Morgan fingerprint density at radius 3 is 2.71 bits per heavy atom. The summed E-state index contributed by atoms with van der Waals surface area (Å²) in [6, 6.07) is 0.355. The lowest BCUT2D eigenvalue weighted by Gasteiger charge is -2.28. The van der Waals surface area contributed by atoms with Crippen LogP contribution in [0.25, 0.3) is 11.0 Å². The van der Waals surface area contributed by atoms with Crippen molar-refractivity contribution in [1.82, 2.24) is 19.7 Å². The SMILES string of the molecule is CC1C(OC(C)(C)O)[C@@H](n2ncc3c(NC4CCCC4)nc(Cl)nc32)O[C@@H]1O. The summed E-state index contributed by atoms with van der Waals surface area (Å²) in [5.74, 6) is -1.13. The second-order valence-corrected chi connectivity index (χ2v) is 8.44. The Hall–Kier alpha value is -1.52. The van der Waals surface area contributed by atoms with Crippen LogP contribution in [0.4, 0.5) is 5.82 Å². The van der Waals surface area contributed by atoms with E-state index >= 15 is 0 Å². The number of halogens is 1. The minimum atomic E-state index is -1.39. The van der Waals surface area contributed by atoms with Crippen LogP contribution in [0, 0.1) is 5.92 Å². The highest BCUT2D eigenvalue weighted by molar-refractivity contribution is 6.28. The third-order valence-corrected chi connectivity index (χ3v) is 5.48. The lowest BCUT2D eigenvalue weighted by molar-refractivity contribution is -0.229. The highest BCUT2D eigenvalue weighted by Crippen LogP contribution is 2.38. The normalized spacial score (nSPS) is 29.1. The van der Waals surface area contributed by atoms with Crippen molar-refractivity contribution in [3.63, 3.8) is 0 Å². The maximum absolute atomic E-state index is 10.2. The van der Waals surface area contributed by atoms with Crippen molar-refractivity contribution in [2.45, 2.75) is 76.9 Å². The maximum Gasteiger partial charge on any atom is 0.226 e. The molecule has 0 amide bonds. The number of nitrogens with one attached hydrogen (secondary N) is 1. The van der Waals surface area contributed by atoms with E-state index in [9.17, 15) is 10.2 Å². The molecular weight excluding hydrogens is 386 g/mol. The predicted octanol–water partition coefficient (Wildman–Crippen LogP) is 2.43. The highest BCUT2D eigenvalue weighted by Gasteiger charge is 2.46. The topological polar surface area (TPSA) is 115 Å². The first-order valence-electron chi connectivity index (χ1n) is 9.64. The molecule has 154 valence electrons. The summed E-state index contributed by atoms with van der Waals surface area (Å²) < 4.78 is 13.0. The second-order valence-electron chi connectivity index (χ2n) is 8.10. The molecule has 0 aromatic carbocycles. The Morgan fingerprint density at radius 2 is 2.04 bits per heavy atom. The van der Waals surface area contributed by atoms with Gasteiger partial charge in [0.05, 0.1) is 11.6 Å². The van der Waals surface area contributed by atoms with Gasteiger partial charge in [-0.3, -0.25) is 0 Å². The fourth-order valence-corrected chi connectivity index (χ4v) is 4.08. The Labute approximate surface area is 168 Å². The molecule has 0 bridgehead atoms. The van der Waals surface area contributed by atoms with Gasteiger partial charge in [-0.2, -0.15) is 15.1 Å². The van der Waals surface area contributed by atoms with Gasteiger partial charge in [0.25, 0.3) is 0 Å². The van der Waals surface area contributed by atoms with E-state index < -0.39 is 24.4 Å². The van der Waals surface area contributed by atoms with Gasteiger partial charge < -0.3 is 25.0 Å². The monoisotopic (exact) mass is 411 g/mol. The zero-order valence-electron chi connectivity index (χ0n) is 16.2. The van der Waals surface area contributed by atoms with Crippen LogP contribution < -0.4 is 5.32 Å². The summed E-state index contributed by atoms with van der Waals surface area (Å²) in [5.41, 5.74) is 0.483. The average molecular weight is 412 g/mol. The number of anilines is 1. The molecule has 4 atom stereocenters. The number of hydrogen-bond donors (Lipinski definition) is 3. The van der Waals surface area contributed by atoms with Crippen LogP contribution in [0.3, 0.4) is 0 Å². The molecule has 2 aromatic heterocycles. The van der Waals surface area contributed by atoms with E-state index in [1.165, 1.54) is 31.4 Å². The summed E-state index contributed by atoms with van der Waals surface area (Å²) in [6.07, 6.45) is 3.79. The zero-order valence-corrected chi connectivity index (χ0v) is 16.9. The lowest BCUT2D eigenvalue weighted by atomic mass is 10.1. The third kappa shape index (κ3) is 3.81. The molecule has 0 radical (unpaired) electrons. The minimum Gasteiger partial charge on any atom is -0.368 e. The molecule has 1 aliphatic heterocycles. The van der Waals surface area contributed by atoms with E-state index in [1.54, 1.807) is 13.1 Å². The van der Waals surface area contributed by atoms with Crippen molar-refractivity contribution in [2.24, 2.45) is 5.92 Å². The smallest absolute Gasteiger partial charge is 0.226 e. The molecule has 4 rings (SSSR count). The van der Waals surface area contributed by atoms with Crippen LogP contribution in [0.15, 0.2) is 6.20 Å². The van der Waals surface area contributed by atoms with Gasteiger partial charge in [-0.25, -0.2) is 4.68 Å². The van der Waals surface area contributed by atoms with Crippen molar-refractivity contribution >= 4 is 28.5 Å². The van der Waals surface area contributed by atoms with Gasteiger partial charge in [-0.05, 0) is 38.3 Å². The summed E-state index contributed by atoms with van der Waals surface area (Å²) >= 11 is 6.18. The van der Waals surface area contributed by atoms with Crippen LogP contribution in [0.5, 0.6) is 0 Å². The number of aliphatic hydroxyl groups excluding tert-OH is 1. The number of rotatable bonds is 5. The van der Waals surface area contributed by atoms with Gasteiger partial charge in [-0.15, -0.1) is 0 Å². The molecular formula is C18H26ClN5O4. The number of fused-ring (bicyclic) bond motifs is 1. The quantitative estimate of drug-likeness (QED) is 0.507. The number of aromatic nitrogens is 4. The fraction of sp³-hybridized carbons (Fsp3) is 0.722. The van der Waals surface area contributed by atoms with Crippen molar-refractivity contribution in [1.29, 1.82) is 0 Å². The van der Waals surface area contributed by atoms with Gasteiger partial charge in [-0.1, -0.05) is 19.8 Å². The molecule has 9 nitrogen and oxygen atoms in total. The van der Waals surface area contributed by atoms with Crippen LogP contribution in [0.1, 0.15) is 52.7 Å². The number of nitrogens with zero attached hydrogens (tertiary/aromatic N) is 4. The standard InChI is InChI=1S/C18H26ClN5O4/c1-9-12(28-18(2,3)26)15(27-16(9)25)24-14-11(8-20-24)13(22-17(19)23-14)21-10-6-4-5-7-10/h8-10,12,15-16,25-26H,4-7H2,1-3H3,(H,21,22,23)/t9?,12?,15-,16-/m0/s1. The first-order chi connectivity index (χ1) is 13.2. The van der Waals surface area contributed by atoms with Crippen LogP contribution in [0.2, 0.25) is 5.28 Å². The molecule has 1 aliphatic carbocycles. The first-order valence-corrected chi connectivity index (χ1v) is 10.0. The van der Waals surface area contributed by atoms with Gasteiger partial charge in [0.2, 0.25) is 5.28 Å². The summed E-state index contributed by atoms with van der Waals surface area (Å²) in [4.78, 5) is 8.67. The molecule has 2 aliphatic rings. The van der Waals surface area contributed by atoms with Crippen molar-refractivity contribution in [2.75, 3.05) is 5.32 Å². The van der Waals surface area contributed by atoms with Gasteiger partial charge >= 0.3 is 0 Å². The highest BCUT2D eigenvalue weighted by atomic mass is 35.5. The average Bonchev–Trinajstić information content (AvgIpc) is 3.30. The number of ether oxygens (including phenoxy) is 2. The van der Waals surface area contributed by atoms with E-state index in [0.717, 1.165) is 18.2 Å². The Balaban J connectivity index is 1.71. The van der Waals surface area contributed by atoms with Crippen LogP contribution in [-0.4, -0.2) is 54.2 Å².